The average molecular weight is 201 g/mol. The van der Waals surface area contributed by atoms with Gasteiger partial charge in [-0.1, -0.05) is 0 Å². The van der Waals surface area contributed by atoms with E-state index >= 15 is 0 Å². The van der Waals surface area contributed by atoms with E-state index in [1.807, 2.05) is 0 Å². The Hall–Kier alpha value is -0.661. The number of methoxy groups -OCH3 is 2. The van der Waals surface area contributed by atoms with Crippen molar-refractivity contribution < 1.29 is 26.5 Å². The molecule has 0 saturated heterocycles. The van der Waals surface area contributed by atoms with Gasteiger partial charge >= 0.3 is 17.1 Å². The molecule has 0 unspecified atom stereocenters. The minimum Gasteiger partial charge on any atom is -0.551 e. The molecule has 0 spiro atoms. The van der Waals surface area contributed by atoms with Gasteiger partial charge in [0.05, 0.1) is 20.0 Å². The average Bonchev–Trinajstić information content (AvgIpc) is 2.04. The molecule has 0 atom stereocenters. The predicted octanol–water partition coefficient (Wildman–Crippen LogP) is 1.50. The molecule has 0 aliphatic rings. The first-order valence-electron chi connectivity index (χ1n) is 2.96. The van der Waals surface area contributed by atoms with Crippen LogP contribution in [0, 0.1) is 6.07 Å². The molecular formula is C8H9CuO2. The summed E-state index contributed by atoms with van der Waals surface area (Å²) in [5.74, 6) is 1.45. The van der Waals surface area contributed by atoms with Gasteiger partial charge in [0.2, 0.25) is 0 Å². The molecule has 0 radical (unpaired) electrons. The van der Waals surface area contributed by atoms with Crippen molar-refractivity contribution >= 4 is 0 Å². The van der Waals surface area contributed by atoms with Crippen LogP contribution in [0.3, 0.4) is 0 Å². The molecule has 11 heavy (non-hydrogen) atoms. The second-order valence-corrected chi connectivity index (χ2v) is 1.78. The van der Waals surface area contributed by atoms with Gasteiger partial charge in [0.1, 0.15) is 0 Å². The summed E-state index contributed by atoms with van der Waals surface area (Å²) in [6.07, 6.45) is 0. The molecule has 64 valence electrons. The molecule has 1 rings (SSSR count). The Labute approximate surface area is 77.0 Å². The molecule has 3 heteroatoms. The summed E-state index contributed by atoms with van der Waals surface area (Å²) < 4.78 is 9.97. The zero-order valence-corrected chi connectivity index (χ0v) is 7.29. The van der Waals surface area contributed by atoms with Crippen LogP contribution in [0.1, 0.15) is 0 Å². The fourth-order valence-electron chi connectivity index (χ4n) is 0.729. The van der Waals surface area contributed by atoms with Crippen molar-refractivity contribution in [1.29, 1.82) is 0 Å². The van der Waals surface area contributed by atoms with Crippen LogP contribution in [0.15, 0.2) is 18.2 Å². The van der Waals surface area contributed by atoms with Crippen molar-refractivity contribution in [2.24, 2.45) is 0 Å². The van der Waals surface area contributed by atoms with Gasteiger partial charge in [0.15, 0.2) is 0 Å². The van der Waals surface area contributed by atoms with E-state index in [0.29, 0.717) is 5.75 Å². The Morgan fingerprint density at radius 1 is 1.18 bits per heavy atom. The number of hydrogen-bond acceptors (Lipinski definition) is 2. The number of ether oxygens (including phenoxy) is 2. The minimum absolute atomic E-state index is 0. The van der Waals surface area contributed by atoms with E-state index < -0.39 is 0 Å². The van der Waals surface area contributed by atoms with Gasteiger partial charge in [0, 0.05) is 5.75 Å². The van der Waals surface area contributed by atoms with Crippen molar-refractivity contribution in [2.75, 3.05) is 14.2 Å². The summed E-state index contributed by atoms with van der Waals surface area (Å²) >= 11 is 0. The fourth-order valence-corrected chi connectivity index (χ4v) is 0.729. The van der Waals surface area contributed by atoms with E-state index in [0.717, 1.165) is 5.75 Å². The quantitative estimate of drug-likeness (QED) is 0.532. The van der Waals surface area contributed by atoms with Gasteiger partial charge in [-0.25, -0.2) is 0 Å². The number of benzene rings is 1. The smallest absolute Gasteiger partial charge is 0.551 e. The van der Waals surface area contributed by atoms with Crippen LogP contribution in [-0.2, 0) is 17.1 Å². The fraction of sp³-hybridized carbons (Fsp3) is 0.250. The SMILES string of the molecule is COc1c[c-]ccc1OC.[Cu+]. The van der Waals surface area contributed by atoms with E-state index in [-0.39, 0.29) is 17.1 Å². The molecule has 0 amide bonds. The zero-order chi connectivity index (χ0) is 7.40. The van der Waals surface area contributed by atoms with Crippen molar-refractivity contribution in [3.63, 3.8) is 0 Å². The maximum atomic E-state index is 4.99. The van der Waals surface area contributed by atoms with Gasteiger partial charge in [-0.3, -0.25) is 0 Å². The van der Waals surface area contributed by atoms with Gasteiger partial charge in [-0.15, -0.1) is 12.1 Å². The summed E-state index contributed by atoms with van der Waals surface area (Å²) in [5.41, 5.74) is 0. The first-order valence-corrected chi connectivity index (χ1v) is 2.96. The molecule has 0 aromatic heterocycles. The van der Waals surface area contributed by atoms with Crippen LogP contribution in [-0.4, -0.2) is 14.2 Å². The second kappa shape index (κ2) is 5.05. The largest absolute Gasteiger partial charge is 1.00 e. The van der Waals surface area contributed by atoms with Crippen LogP contribution in [0.2, 0.25) is 0 Å². The van der Waals surface area contributed by atoms with E-state index in [4.69, 9.17) is 9.47 Å². The van der Waals surface area contributed by atoms with Crippen LogP contribution in [0.4, 0.5) is 0 Å². The molecule has 0 bridgehead atoms. The first-order chi connectivity index (χ1) is 4.88. The monoisotopic (exact) mass is 200 g/mol. The van der Waals surface area contributed by atoms with Crippen molar-refractivity contribution in [2.45, 2.75) is 0 Å². The normalized spacial score (nSPS) is 8.18. The number of rotatable bonds is 2. The zero-order valence-electron chi connectivity index (χ0n) is 6.35. The molecule has 1 aromatic rings. The molecule has 0 N–H and O–H groups in total. The van der Waals surface area contributed by atoms with E-state index in [1.54, 1.807) is 32.4 Å². The third kappa shape index (κ3) is 2.45. The Bertz CT molecular complexity index is 190. The third-order valence-electron chi connectivity index (χ3n) is 1.23. The summed E-state index contributed by atoms with van der Waals surface area (Å²) in [5, 5.41) is 0. The van der Waals surface area contributed by atoms with Gasteiger partial charge in [-0.2, -0.15) is 12.1 Å². The molecule has 0 aliphatic carbocycles. The third-order valence-corrected chi connectivity index (χ3v) is 1.23. The van der Waals surface area contributed by atoms with Crippen LogP contribution >= 0.6 is 0 Å². The Morgan fingerprint density at radius 3 is 2.27 bits per heavy atom. The summed E-state index contributed by atoms with van der Waals surface area (Å²) in [6, 6.07) is 8.20. The molecule has 1 aromatic carbocycles. The maximum Gasteiger partial charge on any atom is 1.00 e. The van der Waals surface area contributed by atoms with Gasteiger partial charge in [-0.05, 0) is 0 Å². The van der Waals surface area contributed by atoms with E-state index in [9.17, 15) is 0 Å². The van der Waals surface area contributed by atoms with E-state index in [2.05, 4.69) is 6.07 Å². The number of hydrogen-bond donors (Lipinski definition) is 0. The molecule has 0 fully saturated rings. The molecule has 0 saturated carbocycles. The van der Waals surface area contributed by atoms with E-state index in [1.165, 1.54) is 0 Å². The Balaban J connectivity index is 0.000001000. The standard InChI is InChI=1S/C8H9O2.Cu/c1-9-7-5-3-4-6-8(7)10-2;/h3,5-6H,1-2H3;/q-1;+1. The first kappa shape index (κ1) is 10.3. The minimum atomic E-state index is 0. The summed E-state index contributed by atoms with van der Waals surface area (Å²) in [7, 11) is 3.21. The van der Waals surface area contributed by atoms with Crippen LogP contribution in [0.5, 0.6) is 11.5 Å². The molecular weight excluding hydrogens is 192 g/mol. The summed E-state index contributed by atoms with van der Waals surface area (Å²) in [4.78, 5) is 0. The van der Waals surface area contributed by atoms with Crippen molar-refractivity contribution in [3.05, 3.63) is 24.3 Å². The van der Waals surface area contributed by atoms with Crippen molar-refractivity contribution in [3.8, 4) is 11.5 Å². The van der Waals surface area contributed by atoms with Gasteiger partial charge in [0.25, 0.3) is 0 Å². The molecule has 2 nitrogen and oxygen atoms in total. The second-order valence-electron chi connectivity index (χ2n) is 1.78. The van der Waals surface area contributed by atoms with Crippen molar-refractivity contribution in [1.82, 2.24) is 0 Å². The predicted molar refractivity (Wildman–Crippen MR) is 38.4 cm³/mol. The maximum absolute atomic E-state index is 4.99. The van der Waals surface area contributed by atoms with Crippen LogP contribution < -0.4 is 9.47 Å². The summed E-state index contributed by atoms with van der Waals surface area (Å²) in [6.45, 7) is 0. The Morgan fingerprint density at radius 2 is 1.82 bits per heavy atom. The molecule has 0 heterocycles. The molecule has 0 aliphatic heterocycles. The van der Waals surface area contributed by atoms with Gasteiger partial charge < -0.3 is 9.47 Å². The topological polar surface area (TPSA) is 18.5 Å². The van der Waals surface area contributed by atoms with Crippen LogP contribution in [0.25, 0.3) is 0 Å². The Kier molecular flexibility index (Phi) is 4.75.